The minimum absolute atomic E-state index is 0.340. The van der Waals surface area contributed by atoms with Crippen LogP contribution in [0.25, 0.3) is 0 Å². The lowest BCUT2D eigenvalue weighted by atomic mass is 9.89. The largest absolute Gasteiger partial charge is 0.385 e. The number of rotatable bonds is 7. The van der Waals surface area contributed by atoms with Crippen molar-refractivity contribution in [2.75, 3.05) is 26.8 Å². The van der Waals surface area contributed by atoms with Crippen LogP contribution < -0.4 is 16.0 Å². The highest BCUT2D eigenvalue weighted by molar-refractivity contribution is 6.10. The molecule has 2 aliphatic rings. The first-order chi connectivity index (χ1) is 13.8. The second kappa shape index (κ2) is 8.60. The minimum Gasteiger partial charge on any atom is -0.385 e. The monoisotopic (exact) mass is 402 g/mol. The van der Waals surface area contributed by atoms with E-state index in [2.05, 4.69) is 16.0 Å². The van der Waals surface area contributed by atoms with E-state index in [1.165, 1.54) is 11.1 Å². The molecule has 1 aliphatic heterocycles. The van der Waals surface area contributed by atoms with Crippen molar-refractivity contribution in [3.05, 3.63) is 34.9 Å². The molecule has 1 fully saturated rings. The van der Waals surface area contributed by atoms with Gasteiger partial charge in [0.15, 0.2) is 0 Å². The molecule has 0 saturated carbocycles. The predicted octanol–water partition coefficient (Wildman–Crippen LogP) is 0.805. The molecule has 0 radical (unpaired) electrons. The molecule has 1 aliphatic carbocycles. The number of nitrogens with one attached hydrogen (secondary N) is 3. The Kier molecular flexibility index (Phi) is 6.17. The van der Waals surface area contributed by atoms with Crippen LogP contribution in [-0.2, 0) is 32.7 Å². The molecule has 3 N–H and O–H groups in total. The van der Waals surface area contributed by atoms with Gasteiger partial charge in [-0.15, -0.1) is 0 Å². The molecule has 0 aromatic heterocycles. The van der Waals surface area contributed by atoms with Gasteiger partial charge < -0.3 is 15.4 Å². The summed E-state index contributed by atoms with van der Waals surface area (Å²) in [7, 11) is 1.55. The van der Waals surface area contributed by atoms with Crippen LogP contribution in [0.2, 0.25) is 0 Å². The Labute approximate surface area is 169 Å². The number of ether oxygens (including phenoxy) is 1. The number of hydrogen-bond donors (Lipinski definition) is 3. The Morgan fingerprint density at radius 1 is 1.24 bits per heavy atom. The minimum atomic E-state index is -1.24. The lowest BCUT2D eigenvalue weighted by Crippen LogP contribution is -2.47. The van der Waals surface area contributed by atoms with Crippen molar-refractivity contribution < 1.29 is 23.9 Å². The molecular formula is C20H26N4O5. The number of carbonyl (C=O) groups is 4. The maximum atomic E-state index is 13.0. The molecule has 1 aromatic rings. The topological polar surface area (TPSA) is 117 Å². The van der Waals surface area contributed by atoms with Gasteiger partial charge in [-0.1, -0.05) is 18.2 Å². The molecule has 6 amide bonds. The number of benzene rings is 1. The summed E-state index contributed by atoms with van der Waals surface area (Å²) in [5.74, 6) is -1.26. The maximum Gasteiger partial charge on any atom is 0.325 e. The van der Waals surface area contributed by atoms with E-state index in [1.807, 2.05) is 18.2 Å². The molecule has 3 rings (SSSR count). The molecular weight excluding hydrogens is 376 g/mol. The number of imide groups is 2. The van der Waals surface area contributed by atoms with Crippen LogP contribution in [0.4, 0.5) is 9.59 Å². The van der Waals surface area contributed by atoms with E-state index >= 15 is 0 Å². The summed E-state index contributed by atoms with van der Waals surface area (Å²) in [5.41, 5.74) is 1.90. The Bertz CT molecular complexity index is 840. The molecule has 9 nitrogen and oxygen atoms in total. The van der Waals surface area contributed by atoms with Crippen molar-refractivity contribution in [2.24, 2.45) is 0 Å². The molecule has 1 atom stereocenters. The summed E-state index contributed by atoms with van der Waals surface area (Å²) in [4.78, 5) is 50.0. The molecule has 1 heterocycles. The zero-order valence-electron chi connectivity index (χ0n) is 16.7. The first-order valence-electron chi connectivity index (χ1n) is 9.68. The number of aryl methyl sites for hydroxylation is 2. The van der Waals surface area contributed by atoms with Gasteiger partial charge in [-0.05, 0) is 49.3 Å². The van der Waals surface area contributed by atoms with Crippen molar-refractivity contribution in [1.82, 2.24) is 20.9 Å². The lowest BCUT2D eigenvalue weighted by molar-refractivity contribution is -0.134. The van der Waals surface area contributed by atoms with E-state index in [0.717, 1.165) is 24.2 Å². The molecule has 9 heteroatoms. The first-order valence-corrected chi connectivity index (χ1v) is 9.68. The summed E-state index contributed by atoms with van der Waals surface area (Å²) >= 11 is 0. The molecule has 156 valence electrons. The molecule has 1 aromatic carbocycles. The zero-order valence-corrected chi connectivity index (χ0v) is 16.7. The van der Waals surface area contributed by atoms with Gasteiger partial charge in [0.05, 0.1) is 0 Å². The van der Waals surface area contributed by atoms with E-state index < -0.39 is 36.0 Å². The highest BCUT2D eigenvalue weighted by Crippen LogP contribution is 2.32. The SMILES string of the molecule is COCCCNC(=O)NC(=O)CN1C(=O)NC(C)(c2ccc3c(c2)CCC3)C1=O. The van der Waals surface area contributed by atoms with Gasteiger partial charge in [0.2, 0.25) is 5.91 Å². The highest BCUT2D eigenvalue weighted by Gasteiger charge is 2.49. The fraction of sp³-hybridized carbons (Fsp3) is 0.500. The van der Waals surface area contributed by atoms with Crippen LogP contribution in [0.1, 0.15) is 36.5 Å². The number of methoxy groups -OCH3 is 1. The molecule has 1 saturated heterocycles. The summed E-state index contributed by atoms with van der Waals surface area (Å²) in [6.45, 7) is 1.92. The second-order valence-electron chi connectivity index (χ2n) is 7.43. The number of amides is 6. The smallest absolute Gasteiger partial charge is 0.325 e. The normalized spacial score (nSPS) is 20.4. The molecule has 29 heavy (non-hydrogen) atoms. The van der Waals surface area contributed by atoms with E-state index in [9.17, 15) is 19.2 Å². The average molecular weight is 402 g/mol. The number of nitrogens with zero attached hydrogens (tertiary/aromatic N) is 1. The Balaban J connectivity index is 1.61. The summed E-state index contributed by atoms with van der Waals surface area (Å²) < 4.78 is 4.87. The van der Waals surface area contributed by atoms with E-state index in [1.54, 1.807) is 14.0 Å². The van der Waals surface area contributed by atoms with E-state index in [0.29, 0.717) is 25.1 Å². The number of hydrogen-bond acceptors (Lipinski definition) is 5. The van der Waals surface area contributed by atoms with Gasteiger partial charge in [0.25, 0.3) is 5.91 Å². The number of carbonyl (C=O) groups excluding carboxylic acids is 4. The van der Waals surface area contributed by atoms with Crippen molar-refractivity contribution >= 4 is 23.9 Å². The lowest BCUT2D eigenvalue weighted by Gasteiger charge is -2.23. The van der Waals surface area contributed by atoms with Crippen LogP contribution in [0.5, 0.6) is 0 Å². The van der Waals surface area contributed by atoms with Gasteiger partial charge in [-0.3, -0.25) is 19.8 Å². The van der Waals surface area contributed by atoms with Gasteiger partial charge >= 0.3 is 12.1 Å². The van der Waals surface area contributed by atoms with Gasteiger partial charge in [-0.25, -0.2) is 9.59 Å². The number of fused-ring (bicyclic) bond motifs is 1. The van der Waals surface area contributed by atoms with Gasteiger partial charge in [0, 0.05) is 20.3 Å². The Morgan fingerprint density at radius 3 is 2.76 bits per heavy atom. The Morgan fingerprint density at radius 2 is 2.00 bits per heavy atom. The van der Waals surface area contributed by atoms with Crippen LogP contribution in [0.3, 0.4) is 0 Å². The fourth-order valence-electron chi connectivity index (χ4n) is 3.69. The van der Waals surface area contributed by atoms with E-state index in [-0.39, 0.29) is 0 Å². The zero-order chi connectivity index (χ0) is 21.0. The number of urea groups is 2. The second-order valence-corrected chi connectivity index (χ2v) is 7.43. The van der Waals surface area contributed by atoms with Crippen LogP contribution in [0.15, 0.2) is 18.2 Å². The predicted molar refractivity (Wildman–Crippen MR) is 104 cm³/mol. The molecule has 0 spiro atoms. The van der Waals surface area contributed by atoms with Crippen molar-refractivity contribution in [2.45, 2.75) is 38.1 Å². The summed E-state index contributed by atoms with van der Waals surface area (Å²) in [6.07, 6.45) is 3.65. The highest BCUT2D eigenvalue weighted by atomic mass is 16.5. The Hall–Kier alpha value is -2.94. The quantitative estimate of drug-likeness (QED) is 0.461. The first kappa shape index (κ1) is 20.8. The van der Waals surface area contributed by atoms with Crippen LogP contribution in [-0.4, -0.2) is 55.6 Å². The van der Waals surface area contributed by atoms with Crippen molar-refractivity contribution in [1.29, 1.82) is 0 Å². The van der Waals surface area contributed by atoms with Crippen molar-refractivity contribution in [3.63, 3.8) is 0 Å². The van der Waals surface area contributed by atoms with Crippen molar-refractivity contribution in [3.8, 4) is 0 Å². The molecule has 0 bridgehead atoms. The standard InChI is InChI=1S/C20H26N4O5/c1-20(15-8-7-13-5-3-6-14(13)11-15)17(26)24(19(28)23-20)12-16(25)22-18(27)21-9-4-10-29-2/h7-8,11H,3-6,9-10,12H2,1-2H3,(H,23,28)(H2,21,22,25,27). The third-order valence-electron chi connectivity index (χ3n) is 5.32. The van der Waals surface area contributed by atoms with E-state index in [4.69, 9.17) is 4.74 Å². The van der Waals surface area contributed by atoms with Crippen LogP contribution >= 0.6 is 0 Å². The summed E-state index contributed by atoms with van der Waals surface area (Å²) in [5, 5.41) is 7.32. The van der Waals surface area contributed by atoms with Crippen LogP contribution in [0, 0.1) is 0 Å². The average Bonchev–Trinajstić information content (AvgIpc) is 3.23. The maximum absolute atomic E-state index is 13.0. The summed E-state index contributed by atoms with van der Waals surface area (Å²) in [6, 6.07) is 4.45. The molecule has 1 unspecified atom stereocenters. The van der Waals surface area contributed by atoms with Gasteiger partial charge in [-0.2, -0.15) is 0 Å². The third-order valence-corrected chi connectivity index (χ3v) is 5.32. The fourth-order valence-corrected chi connectivity index (χ4v) is 3.69. The third kappa shape index (κ3) is 4.40. The van der Waals surface area contributed by atoms with Gasteiger partial charge in [0.1, 0.15) is 12.1 Å².